The monoisotopic (exact) mass is 381 g/mol. The van der Waals surface area contributed by atoms with Gasteiger partial charge >= 0.3 is 0 Å². The molecular weight excluding hydrogens is 366 g/mol. The lowest BCUT2D eigenvalue weighted by Gasteiger charge is -2.15. The fourth-order valence-electron chi connectivity index (χ4n) is 2.46. The lowest BCUT2D eigenvalue weighted by Crippen LogP contribution is -2.33. The third kappa shape index (κ3) is 3.67. The fraction of sp³-hybridized carbons (Fsp3) is 0.333. The molecule has 0 bridgehead atoms. The topological polar surface area (TPSA) is 127 Å². The number of carbonyl (C=O) groups is 4. The molecular formula is C15H15N3O7S. The zero-order valence-corrected chi connectivity index (χ0v) is 14.8. The van der Waals surface area contributed by atoms with E-state index in [2.05, 4.69) is 4.84 Å². The molecule has 0 unspecified atom stereocenters. The number of aryl methyl sites for hydroxylation is 1. The van der Waals surface area contributed by atoms with Crippen molar-refractivity contribution in [3.8, 4) is 0 Å². The molecule has 1 aliphatic heterocycles. The minimum absolute atomic E-state index is 0.0179. The average Bonchev–Trinajstić information content (AvgIpc) is 2.82. The molecule has 0 spiro atoms. The van der Waals surface area contributed by atoms with E-state index in [9.17, 15) is 29.3 Å². The Morgan fingerprint density at radius 1 is 1.35 bits per heavy atom. The number of fused-ring (bicyclic) bond motifs is 1. The van der Waals surface area contributed by atoms with Crippen LogP contribution in [0.4, 0.5) is 0 Å². The summed E-state index contributed by atoms with van der Waals surface area (Å²) in [5, 5.41) is 9.11. The zero-order chi connectivity index (χ0) is 19.4. The summed E-state index contributed by atoms with van der Waals surface area (Å²) in [6, 6.07) is 2.63. The van der Waals surface area contributed by atoms with Crippen LogP contribution in [0.1, 0.15) is 36.6 Å². The van der Waals surface area contributed by atoms with Crippen LogP contribution in [0.2, 0.25) is 0 Å². The molecule has 11 heteroatoms. The molecule has 4 amide bonds. The summed E-state index contributed by atoms with van der Waals surface area (Å²) in [4.78, 5) is 64.1. The molecule has 0 saturated heterocycles. The fourth-order valence-corrected chi connectivity index (χ4v) is 2.83. The summed E-state index contributed by atoms with van der Waals surface area (Å²) in [6.45, 7) is 0.902. The maximum Gasteiger partial charge on any atom is 0.296 e. The van der Waals surface area contributed by atoms with E-state index in [1.807, 2.05) is 6.26 Å². The Labute approximate surface area is 152 Å². The molecule has 1 aromatic rings. The average molecular weight is 381 g/mol. The standard InChI is InChI=1S/C15H15N3O7S/c1-9-5-11-12(15(22)17(14(11)21)3-4-26-2)6-10(9)13(20)16(7-19)8-25-18(23)24/h5-7H,3-4,8H2,1-2H3. The van der Waals surface area contributed by atoms with Gasteiger partial charge in [0, 0.05) is 17.9 Å². The molecule has 0 saturated carbocycles. The molecule has 10 nitrogen and oxygen atoms in total. The summed E-state index contributed by atoms with van der Waals surface area (Å²) in [7, 11) is 0. The van der Waals surface area contributed by atoms with Crippen LogP contribution in [0.5, 0.6) is 0 Å². The van der Waals surface area contributed by atoms with Crippen LogP contribution >= 0.6 is 11.8 Å². The van der Waals surface area contributed by atoms with E-state index in [-0.39, 0.29) is 29.6 Å². The number of imide groups is 2. The zero-order valence-electron chi connectivity index (χ0n) is 14.0. The van der Waals surface area contributed by atoms with Crippen molar-refractivity contribution in [2.75, 3.05) is 25.3 Å². The van der Waals surface area contributed by atoms with E-state index in [1.165, 1.54) is 30.8 Å². The van der Waals surface area contributed by atoms with Crippen LogP contribution in [0.25, 0.3) is 0 Å². The molecule has 0 atom stereocenters. The van der Waals surface area contributed by atoms with Crippen molar-refractivity contribution >= 4 is 35.9 Å². The first-order valence-corrected chi connectivity index (χ1v) is 8.74. The maximum absolute atomic E-state index is 12.4. The van der Waals surface area contributed by atoms with Crippen molar-refractivity contribution in [1.29, 1.82) is 0 Å². The molecule has 0 aliphatic carbocycles. The molecule has 26 heavy (non-hydrogen) atoms. The summed E-state index contributed by atoms with van der Waals surface area (Å²) in [5.74, 6) is -1.25. The van der Waals surface area contributed by atoms with Gasteiger partial charge in [-0.2, -0.15) is 11.8 Å². The van der Waals surface area contributed by atoms with Crippen molar-refractivity contribution in [3.05, 3.63) is 44.5 Å². The molecule has 1 aromatic carbocycles. The largest absolute Gasteiger partial charge is 0.296 e. The summed E-state index contributed by atoms with van der Waals surface area (Å²) in [5.41, 5.74) is 0.584. The quantitative estimate of drug-likeness (QED) is 0.212. The number of nitrogens with zero attached hydrogens (tertiary/aromatic N) is 3. The second kappa shape index (κ2) is 7.95. The van der Waals surface area contributed by atoms with Gasteiger partial charge in [0.15, 0.2) is 6.73 Å². The van der Waals surface area contributed by atoms with Gasteiger partial charge in [0.1, 0.15) is 0 Å². The van der Waals surface area contributed by atoms with Crippen LogP contribution in [0, 0.1) is 17.0 Å². The van der Waals surface area contributed by atoms with Gasteiger partial charge in [-0.05, 0) is 30.9 Å². The van der Waals surface area contributed by atoms with Crippen LogP contribution in [-0.2, 0) is 9.63 Å². The molecule has 138 valence electrons. The second-order valence-corrected chi connectivity index (χ2v) is 6.32. The van der Waals surface area contributed by atoms with Crippen LogP contribution in [-0.4, -0.2) is 64.3 Å². The molecule has 1 aliphatic rings. The van der Waals surface area contributed by atoms with E-state index in [0.29, 0.717) is 16.2 Å². The number of thioether (sulfide) groups is 1. The molecule has 2 rings (SSSR count). The third-order valence-electron chi connectivity index (χ3n) is 3.76. The number of amides is 4. The van der Waals surface area contributed by atoms with Gasteiger partial charge in [-0.15, -0.1) is 10.1 Å². The number of rotatable bonds is 8. The predicted octanol–water partition coefficient (Wildman–Crippen LogP) is 0.718. The predicted molar refractivity (Wildman–Crippen MR) is 90.1 cm³/mol. The highest BCUT2D eigenvalue weighted by atomic mass is 32.2. The van der Waals surface area contributed by atoms with Gasteiger partial charge in [0.2, 0.25) is 6.41 Å². The molecule has 0 radical (unpaired) electrons. The van der Waals surface area contributed by atoms with E-state index >= 15 is 0 Å². The number of carbonyl (C=O) groups excluding carboxylic acids is 4. The second-order valence-electron chi connectivity index (χ2n) is 5.33. The molecule has 0 N–H and O–H groups in total. The van der Waals surface area contributed by atoms with E-state index in [4.69, 9.17) is 0 Å². The first kappa shape index (κ1) is 19.4. The Morgan fingerprint density at radius 3 is 2.50 bits per heavy atom. The highest BCUT2D eigenvalue weighted by molar-refractivity contribution is 7.98. The van der Waals surface area contributed by atoms with Gasteiger partial charge in [-0.1, -0.05) is 0 Å². The van der Waals surface area contributed by atoms with Gasteiger partial charge in [-0.25, -0.2) is 0 Å². The number of hydrogen-bond donors (Lipinski definition) is 0. The van der Waals surface area contributed by atoms with E-state index < -0.39 is 29.5 Å². The highest BCUT2D eigenvalue weighted by Crippen LogP contribution is 2.27. The molecule has 1 heterocycles. The SMILES string of the molecule is CSCCN1C(=O)c2cc(C)c(C(=O)N(C=O)CO[N+](=O)[O-])cc2C1=O. The lowest BCUT2D eigenvalue weighted by atomic mass is 9.99. The van der Waals surface area contributed by atoms with Crippen LogP contribution < -0.4 is 0 Å². The minimum Gasteiger partial charge on any atom is -0.292 e. The van der Waals surface area contributed by atoms with Crippen molar-refractivity contribution in [2.24, 2.45) is 0 Å². The highest BCUT2D eigenvalue weighted by Gasteiger charge is 2.36. The first-order valence-electron chi connectivity index (χ1n) is 7.35. The lowest BCUT2D eigenvalue weighted by molar-refractivity contribution is -0.761. The summed E-state index contributed by atoms with van der Waals surface area (Å²) >= 11 is 1.48. The van der Waals surface area contributed by atoms with Crippen molar-refractivity contribution in [2.45, 2.75) is 6.92 Å². The van der Waals surface area contributed by atoms with E-state index in [1.54, 1.807) is 0 Å². The minimum atomic E-state index is -1.13. The number of hydrogen-bond acceptors (Lipinski definition) is 8. The van der Waals surface area contributed by atoms with Gasteiger partial charge < -0.3 is 0 Å². The Hall–Kier alpha value is -2.95. The van der Waals surface area contributed by atoms with Crippen molar-refractivity contribution in [3.63, 3.8) is 0 Å². The smallest absolute Gasteiger partial charge is 0.292 e. The summed E-state index contributed by atoms with van der Waals surface area (Å²) < 4.78 is 0. The first-order chi connectivity index (χ1) is 12.3. The van der Waals surface area contributed by atoms with Crippen molar-refractivity contribution < 1.29 is 29.1 Å². The third-order valence-corrected chi connectivity index (χ3v) is 4.35. The summed E-state index contributed by atoms with van der Waals surface area (Å²) in [6.07, 6.45) is 1.94. The van der Waals surface area contributed by atoms with Crippen LogP contribution in [0.3, 0.4) is 0 Å². The van der Waals surface area contributed by atoms with Gasteiger partial charge in [0.25, 0.3) is 22.8 Å². The van der Waals surface area contributed by atoms with Crippen molar-refractivity contribution in [1.82, 2.24) is 9.80 Å². The Balaban J connectivity index is 2.34. The molecule has 0 fully saturated rings. The van der Waals surface area contributed by atoms with Crippen LogP contribution in [0.15, 0.2) is 12.1 Å². The molecule has 0 aromatic heterocycles. The Morgan fingerprint density at radius 2 is 1.96 bits per heavy atom. The Kier molecular flexibility index (Phi) is 5.93. The number of benzene rings is 1. The Bertz CT molecular complexity index is 796. The normalized spacial score (nSPS) is 12.8. The van der Waals surface area contributed by atoms with Gasteiger partial charge in [0.05, 0.1) is 11.1 Å². The van der Waals surface area contributed by atoms with E-state index in [0.717, 1.165) is 4.90 Å². The van der Waals surface area contributed by atoms with Gasteiger partial charge in [-0.3, -0.25) is 33.8 Å². The maximum atomic E-state index is 12.4.